The zero-order valence-corrected chi connectivity index (χ0v) is 18.2. The Hall–Kier alpha value is -1.77. The number of aliphatic imine (C=N–C) groups is 1. The van der Waals surface area contributed by atoms with Gasteiger partial charge in [0.2, 0.25) is 5.91 Å². The molecule has 0 radical (unpaired) electrons. The van der Waals surface area contributed by atoms with E-state index >= 15 is 0 Å². The number of H-pyrrole nitrogens is 1. The number of nitrogens with one attached hydrogen (secondary N) is 3. The molecule has 0 bridgehead atoms. The van der Waals surface area contributed by atoms with Gasteiger partial charge >= 0.3 is 0 Å². The Bertz CT molecular complexity index is 678. The summed E-state index contributed by atoms with van der Waals surface area (Å²) < 4.78 is 0. The lowest BCUT2D eigenvalue weighted by atomic mass is 10.2. The second-order valence-electron chi connectivity index (χ2n) is 6.29. The quantitative estimate of drug-likeness (QED) is 0.240. The number of carbonyl (C=O) groups excluding carboxylic acids is 1. The Labute approximate surface area is 172 Å². The third kappa shape index (κ3) is 7.23. The molecule has 144 valence electrons. The summed E-state index contributed by atoms with van der Waals surface area (Å²) in [4.78, 5) is 21.1. The normalized spacial score (nSPS) is 11.1. The summed E-state index contributed by atoms with van der Waals surface area (Å²) >= 11 is 0. The molecule has 26 heavy (non-hydrogen) atoms. The van der Waals surface area contributed by atoms with E-state index in [2.05, 4.69) is 45.7 Å². The number of carbonyl (C=O) groups is 1. The van der Waals surface area contributed by atoms with E-state index in [0.717, 1.165) is 37.9 Å². The molecule has 0 atom stereocenters. The van der Waals surface area contributed by atoms with Gasteiger partial charge in [-0.2, -0.15) is 0 Å². The maximum atomic E-state index is 11.7. The monoisotopic (exact) mass is 471 g/mol. The van der Waals surface area contributed by atoms with Crippen LogP contribution in [0.25, 0.3) is 10.9 Å². The first-order valence-corrected chi connectivity index (χ1v) is 8.89. The Morgan fingerprint density at radius 3 is 2.62 bits per heavy atom. The van der Waals surface area contributed by atoms with Crippen LogP contribution in [-0.4, -0.2) is 55.5 Å². The smallest absolute Gasteiger partial charge is 0.243 e. The average molecular weight is 471 g/mol. The number of hydrogen-bond acceptors (Lipinski definition) is 2. The predicted molar refractivity (Wildman–Crippen MR) is 119 cm³/mol. The third-order valence-corrected chi connectivity index (χ3v) is 3.97. The lowest BCUT2D eigenvalue weighted by Gasteiger charge is -2.13. The first kappa shape index (κ1) is 22.3. The summed E-state index contributed by atoms with van der Waals surface area (Å²) in [5, 5.41) is 7.83. The van der Waals surface area contributed by atoms with Crippen LogP contribution in [0.4, 0.5) is 0 Å². The minimum atomic E-state index is -0.00721. The molecule has 2 aromatic rings. The van der Waals surface area contributed by atoms with E-state index in [0.29, 0.717) is 5.96 Å². The first-order valence-electron chi connectivity index (χ1n) is 8.89. The summed E-state index contributed by atoms with van der Waals surface area (Å²) in [6.07, 6.45) is 3.06. The molecular formula is C19H30IN5O. The van der Waals surface area contributed by atoms with Gasteiger partial charge in [0.1, 0.15) is 6.54 Å². The highest BCUT2D eigenvalue weighted by Gasteiger charge is 2.05. The van der Waals surface area contributed by atoms with Gasteiger partial charge < -0.3 is 20.5 Å². The summed E-state index contributed by atoms with van der Waals surface area (Å²) in [6.45, 7) is 3.91. The number of nitrogens with zero attached hydrogens (tertiary/aromatic N) is 2. The Morgan fingerprint density at radius 1 is 1.19 bits per heavy atom. The summed E-state index contributed by atoms with van der Waals surface area (Å²) in [5.74, 6) is 0.687. The van der Waals surface area contributed by atoms with Crippen molar-refractivity contribution in [1.82, 2.24) is 20.5 Å². The number of para-hydroxylation sites is 1. The van der Waals surface area contributed by atoms with Crippen molar-refractivity contribution in [2.24, 2.45) is 4.99 Å². The van der Waals surface area contributed by atoms with E-state index in [1.165, 1.54) is 11.1 Å². The zero-order chi connectivity index (χ0) is 18.1. The van der Waals surface area contributed by atoms with Crippen LogP contribution in [0.1, 0.15) is 25.5 Å². The molecule has 0 aliphatic carbocycles. The van der Waals surface area contributed by atoms with Crippen molar-refractivity contribution in [3.8, 4) is 0 Å². The second-order valence-corrected chi connectivity index (χ2v) is 6.29. The molecule has 0 saturated carbocycles. The third-order valence-electron chi connectivity index (χ3n) is 3.97. The van der Waals surface area contributed by atoms with E-state index in [1.807, 2.05) is 12.1 Å². The molecule has 0 saturated heterocycles. The van der Waals surface area contributed by atoms with Gasteiger partial charge in [-0.25, -0.2) is 4.99 Å². The molecular weight excluding hydrogens is 441 g/mol. The number of hydrogen-bond donors (Lipinski definition) is 3. The molecule has 3 N–H and O–H groups in total. The van der Waals surface area contributed by atoms with Crippen molar-refractivity contribution in [2.75, 3.05) is 33.7 Å². The number of unbranched alkanes of at least 4 members (excludes halogenated alkanes) is 1. The van der Waals surface area contributed by atoms with Gasteiger partial charge in [-0.15, -0.1) is 24.0 Å². The van der Waals surface area contributed by atoms with Gasteiger partial charge in [0.05, 0.1) is 0 Å². The fraction of sp³-hybridized carbons (Fsp3) is 0.474. The van der Waals surface area contributed by atoms with Gasteiger partial charge in [-0.05, 0) is 23.9 Å². The fourth-order valence-electron chi connectivity index (χ4n) is 2.43. The number of benzene rings is 1. The fourth-order valence-corrected chi connectivity index (χ4v) is 2.43. The summed E-state index contributed by atoms with van der Waals surface area (Å²) in [7, 11) is 3.48. The van der Waals surface area contributed by atoms with Gasteiger partial charge in [-0.1, -0.05) is 31.5 Å². The zero-order valence-electron chi connectivity index (χ0n) is 15.8. The Morgan fingerprint density at radius 2 is 1.92 bits per heavy atom. The number of guanidine groups is 1. The molecule has 6 nitrogen and oxygen atoms in total. The highest BCUT2D eigenvalue weighted by molar-refractivity contribution is 14.0. The highest BCUT2D eigenvalue weighted by atomic mass is 127. The molecule has 1 amide bonds. The molecule has 0 aliphatic rings. The van der Waals surface area contributed by atoms with Crippen molar-refractivity contribution in [1.29, 1.82) is 0 Å². The van der Waals surface area contributed by atoms with Crippen molar-refractivity contribution in [3.63, 3.8) is 0 Å². The van der Waals surface area contributed by atoms with Gasteiger partial charge in [0, 0.05) is 44.8 Å². The molecule has 1 heterocycles. The maximum absolute atomic E-state index is 11.7. The number of likely N-dealkylation sites (N-methyl/N-ethyl adjacent to an activating group) is 1. The topological polar surface area (TPSA) is 72.5 Å². The number of halogens is 1. The highest BCUT2D eigenvalue weighted by Crippen LogP contribution is 2.14. The summed E-state index contributed by atoms with van der Waals surface area (Å²) in [6, 6.07) is 10.4. The molecule has 0 unspecified atom stereocenters. The Kier molecular flexibility index (Phi) is 10.1. The number of rotatable bonds is 8. The number of amides is 1. The van der Waals surface area contributed by atoms with Crippen LogP contribution in [0.3, 0.4) is 0 Å². The molecule has 0 spiro atoms. The average Bonchev–Trinajstić information content (AvgIpc) is 3.01. The second kappa shape index (κ2) is 11.8. The summed E-state index contributed by atoms with van der Waals surface area (Å²) in [5.41, 5.74) is 2.34. The first-order chi connectivity index (χ1) is 12.1. The maximum Gasteiger partial charge on any atom is 0.243 e. The predicted octanol–water partition coefficient (Wildman–Crippen LogP) is 2.75. The lowest BCUT2D eigenvalue weighted by Crippen LogP contribution is -2.40. The molecule has 1 aromatic carbocycles. The van der Waals surface area contributed by atoms with E-state index in [1.54, 1.807) is 19.0 Å². The molecule has 1 aromatic heterocycles. The van der Waals surface area contributed by atoms with Crippen molar-refractivity contribution in [2.45, 2.75) is 26.2 Å². The standard InChI is InChI=1S/C19H29N5O.HI/c1-4-5-11-20-19(22-14-18(25)24(2)3)21-12-10-16-13-15-8-6-7-9-17(15)23-16;/h6-9,13,23H,4-5,10-12,14H2,1-3H3,(H2,20,21,22);1H. The van der Waals surface area contributed by atoms with Crippen LogP contribution in [0, 0.1) is 0 Å². The van der Waals surface area contributed by atoms with E-state index in [-0.39, 0.29) is 36.4 Å². The minimum absolute atomic E-state index is 0. The molecule has 7 heteroatoms. The van der Waals surface area contributed by atoms with E-state index in [9.17, 15) is 4.79 Å². The van der Waals surface area contributed by atoms with E-state index < -0.39 is 0 Å². The minimum Gasteiger partial charge on any atom is -0.358 e. The van der Waals surface area contributed by atoms with Crippen molar-refractivity contribution in [3.05, 3.63) is 36.0 Å². The number of aromatic nitrogens is 1. The van der Waals surface area contributed by atoms with Crippen LogP contribution in [0.2, 0.25) is 0 Å². The van der Waals surface area contributed by atoms with Crippen molar-refractivity contribution < 1.29 is 4.79 Å². The molecule has 0 fully saturated rings. The molecule has 0 aliphatic heterocycles. The van der Waals surface area contributed by atoms with Crippen LogP contribution >= 0.6 is 24.0 Å². The number of fused-ring (bicyclic) bond motifs is 1. The Balaban J connectivity index is 0.00000338. The van der Waals surface area contributed by atoms with Crippen LogP contribution in [0.5, 0.6) is 0 Å². The van der Waals surface area contributed by atoms with Crippen LogP contribution < -0.4 is 10.6 Å². The van der Waals surface area contributed by atoms with Gasteiger partial charge in [0.15, 0.2) is 5.96 Å². The SMILES string of the molecule is CCCCNC(=NCC(=O)N(C)C)NCCc1cc2ccccc2[nH]1.I. The van der Waals surface area contributed by atoms with E-state index in [4.69, 9.17) is 0 Å². The largest absolute Gasteiger partial charge is 0.358 e. The van der Waals surface area contributed by atoms with Crippen LogP contribution in [-0.2, 0) is 11.2 Å². The van der Waals surface area contributed by atoms with Crippen LogP contribution in [0.15, 0.2) is 35.3 Å². The number of aromatic amines is 1. The van der Waals surface area contributed by atoms with Crippen molar-refractivity contribution >= 4 is 46.7 Å². The molecule has 2 rings (SSSR count). The van der Waals surface area contributed by atoms with Gasteiger partial charge in [0.25, 0.3) is 0 Å². The van der Waals surface area contributed by atoms with Gasteiger partial charge in [-0.3, -0.25) is 4.79 Å². The lowest BCUT2D eigenvalue weighted by molar-refractivity contribution is -0.127.